The number of imide groups is 1. The number of anilines is 1. The van der Waals surface area contributed by atoms with E-state index in [2.05, 4.69) is 0 Å². The van der Waals surface area contributed by atoms with E-state index in [0.29, 0.717) is 23.9 Å². The number of amides is 2. The molecule has 35 heavy (non-hydrogen) atoms. The van der Waals surface area contributed by atoms with Crippen LogP contribution in [0.5, 0.6) is 5.75 Å². The van der Waals surface area contributed by atoms with E-state index < -0.39 is 38.1 Å². The van der Waals surface area contributed by atoms with Crippen molar-refractivity contribution in [1.29, 1.82) is 0 Å². The maximum absolute atomic E-state index is 13.8. The molecule has 2 saturated heterocycles. The number of phenols is 1. The third kappa shape index (κ3) is 3.90. The molecule has 0 spiro atoms. The average molecular weight is 475 g/mol. The van der Waals surface area contributed by atoms with E-state index >= 15 is 0 Å². The maximum Gasteiger partial charge on any atom is 0.488 e. The third-order valence-electron chi connectivity index (χ3n) is 7.55. The first kappa shape index (κ1) is 23.8. The number of rotatable bonds is 4. The van der Waals surface area contributed by atoms with Crippen LogP contribution in [0.3, 0.4) is 0 Å². The van der Waals surface area contributed by atoms with Crippen molar-refractivity contribution in [2.24, 2.45) is 23.7 Å². The van der Waals surface area contributed by atoms with E-state index in [0.717, 1.165) is 10.5 Å². The first-order chi connectivity index (χ1) is 16.7. The molecule has 0 bridgehead atoms. The van der Waals surface area contributed by atoms with Gasteiger partial charge < -0.3 is 24.8 Å². The molecule has 2 fully saturated rings. The van der Waals surface area contributed by atoms with E-state index in [4.69, 9.17) is 4.65 Å². The minimum Gasteiger partial charge on any atom is -0.508 e. The molecule has 1 aliphatic carbocycles. The van der Waals surface area contributed by atoms with Crippen LogP contribution < -0.4 is 10.4 Å². The van der Waals surface area contributed by atoms with Gasteiger partial charge in [0.2, 0.25) is 11.8 Å². The van der Waals surface area contributed by atoms with Crippen molar-refractivity contribution >= 4 is 37.2 Å². The Morgan fingerprint density at radius 1 is 1.06 bits per heavy atom. The van der Waals surface area contributed by atoms with Crippen LogP contribution in [0, 0.1) is 23.7 Å². The van der Waals surface area contributed by atoms with Gasteiger partial charge >= 0.3 is 14.2 Å². The normalized spacial score (nSPS) is 26.3. The Morgan fingerprint density at radius 2 is 1.80 bits per heavy atom. The summed E-state index contributed by atoms with van der Waals surface area (Å²) < 4.78 is 5.94. The molecular formula is C25H27B2NO7. The highest BCUT2D eigenvalue weighted by molar-refractivity contribution is 6.58. The number of allylic oxidation sites excluding steroid dienone is 2. The van der Waals surface area contributed by atoms with E-state index in [1.807, 2.05) is 13.8 Å². The van der Waals surface area contributed by atoms with Gasteiger partial charge in [-0.25, -0.2) is 0 Å². The number of carbonyl (C=O) groups excluding carboxylic acids is 2. The Bertz CT molecular complexity index is 1210. The fourth-order valence-corrected chi connectivity index (χ4v) is 5.94. The zero-order valence-corrected chi connectivity index (χ0v) is 19.5. The van der Waals surface area contributed by atoms with Crippen LogP contribution in [0.1, 0.15) is 38.4 Å². The summed E-state index contributed by atoms with van der Waals surface area (Å²) >= 11 is 0. The van der Waals surface area contributed by atoms with Crippen molar-refractivity contribution in [3.63, 3.8) is 0 Å². The van der Waals surface area contributed by atoms with E-state index in [1.54, 1.807) is 36.4 Å². The predicted octanol–water partition coefficient (Wildman–Crippen LogP) is 1.33. The van der Waals surface area contributed by atoms with Crippen LogP contribution in [-0.2, 0) is 14.2 Å². The molecule has 0 aromatic heterocycles. The Balaban J connectivity index is 1.56. The highest BCUT2D eigenvalue weighted by atomic mass is 16.5. The molecule has 2 aromatic carbocycles. The number of hydrogen-bond donors (Lipinski definition) is 4. The molecule has 2 amide bonds. The van der Waals surface area contributed by atoms with Gasteiger partial charge in [0, 0.05) is 5.56 Å². The molecule has 2 heterocycles. The van der Waals surface area contributed by atoms with Crippen molar-refractivity contribution in [1.82, 2.24) is 0 Å². The molecule has 2 aromatic rings. The molecule has 0 saturated carbocycles. The Kier molecular flexibility index (Phi) is 6.09. The third-order valence-corrected chi connectivity index (χ3v) is 7.55. The number of nitrogens with zero attached hydrogens (tertiary/aromatic N) is 1. The lowest BCUT2D eigenvalue weighted by Crippen LogP contribution is -2.45. The van der Waals surface area contributed by atoms with Gasteiger partial charge in [0.05, 0.1) is 23.6 Å². The lowest BCUT2D eigenvalue weighted by molar-refractivity contribution is -0.123. The minimum atomic E-state index is -1.73. The van der Waals surface area contributed by atoms with Gasteiger partial charge in [-0.2, -0.15) is 0 Å². The van der Waals surface area contributed by atoms with Crippen LogP contribution in [0.15, 0.2) is 59.6 Å². The second-order valence-electron chi connectivity index (χ2n) is 9.83. The molecule has 4 atom stereocenters. The summed E-state index contributed by atoms with van der Waals surface area (Å²) in [5.41, 5.74) is 2.58. The first-order valence-electron chi connectivity index (χ1n) is 11.9. The van der Waals surface area contributed by atoms with Gasteiger partial charge in [0.25, 0.3) is 0 Å². The molecule has 10 heteroatoms. The smallest absolute Gasteiger partial charge is 0.488 e. The summed E-state index contributed by atoms with van der Waals surface area (Å²) in [5.74, 6) is -2.34. The van der Waals surface area contributed by atoms with Crippen LogP contribution in [-0.4, -0.2) is 46.2 Å². The molecule has 4 N–H and O–H groups in total. The largest absolute Gasteiger partial charge is 0.508 e. The fraction of sp³-hybridized carbons (Fsp3) is 0.360. The molecule has 5 rings (SSSR count). The number of benzene rings is 2. The molecule has 2 aliphatic heterocycles. The average Bonchev–Trinajstić information content (AvgIpc) is 3.08. The number of aromatic hydroxyl groups is 1. The molecule has 8 nitrogen and oxygen atoms in total. The summed E-state index contributed by atoms with van der Waals surface area (Å²) in [6.45, 7) is 3.99. The van der Waals surface area contributed by atoms with Gasteiger partial charge in [-0.05, 0) is 53.8 Å². The van der Waals surface area contributed by atoms with Gasteiger partial charge in [0.1, 0.15) is 5.75 Å². The van der Waals surface area contributed by atoms with Crippen LogP contribution >= 0.6 is 0 Å². The van der Waals surface area contributed by atoms with Crippen LogP contribution in [0.2, 0.25) is 0 Å². The number of fused-ring (bicyclic) bond motifs is 3. The zero-order valence-electron chi connectivity index (χ0n) is 19.5. The minimum absolute atomic E-state index is 0.0400. The maximum atomic E-state index is 13.8. The molecule has 180 valence electrons. The van der Waals surface area contributed by atoms with E-state index in [1.165, 1.54) is 12.1 Å². The Hall–Kier alpha value is -2.91. The van der Waals surface area contributed by atoms with Crippen LogP contribution in [0.25, 0.3) is 0 Å². The number of phenolic OH excluding ortho intramolecular Hbond substituents is 1. The second kappa shape index (κ2) is 8.95. The van der Waals surface area contributed by atoms with Crippen LogP contribution in [0.4, 0.5) is 5.69 Å². The monoisotopic (exact) mass is 475 g/mol. The van der Waals surface area contributed by atoms with E-state index in [9.17, 15) is 29.8 Å². The Labute approximate surface area is 204 Å². The van der Waals surface area contributed by atoms with Crippen molar-refractivity contribution in [2.45, 2.75) is 32.8 Å². The second-order valence-corrected chi connectivity index (χ2v) is 9.83. The van der Waals surface area contributed by atoms with Gasteiger partial charge in [0.15, 0.2) is 0 Å². The lowest BCUT2D eigenvalue weighted by atomic mass is 9.54. The fourth-order valence-electron chi connectivity index (χ4n) is 5.94. The topological polar surface area (TPSA) is 128 Å². The lowest BCUT2D eigenvalue weighted by Gasteiger charge is -2.43. The van der Waals surface area contributed by atoms with Gasteiger partial charge in [-0.15, -0.1) is 0 Å². The van der Waals surface area contributed by atoms with Crippen molar-refractivity contribution in [2.75, 3.05) is 4.90 Å². The first-order valence-corrected chi connectivity index (χ1v) is 11.9. The summed E-state index contributed by atoms with van der Waals surface area (Å²) in [6, 6.07) is 12.9. The summed E-state index contributed by atoms with van der Waals surface area (Å²) in [6.07, 6.45) is 0.0416. The van der Waals surface area contributed by atoms with Crippen molar-refractivity contribution < 1.29 is 34.4 Å². The van der Waals surface area contributed by atoms with Gasteiger partial charge in [-0.1, -0.05) is 49.8 Å². The quantitative estimate of drug-likeness (QED) is 0.388. The van der Waals surface area contributed by atoms with Crippen molar-refractivity contribution in [3.05, 3.63) is 65.1 Å². The SMILES string of the molecule is CC(C)C1=C2B(O)O[C@H](c3ccccc3O)C[C@H]2[C@H]2C(=O)N(c3cccc(B(O)O)c3)C(=O)[C@H]2C1. The zero-order chi connectivity index (χ0) is 25.0. The molecular weight excluding hydrogens is 448 g/mol. The highest BCUT2D eigenvalue weighted by Crippen LogP contribution is 2.53. The van der Waals surface area contributed by atoms with Crippen molar-refractivity contribution in [3.8, 4) is 5.75 Å². The summed E-state index contributed by atoms with van der Waals surface area (Å²) in [5, 5.41) is 40.6. The van der Waals surface area contributed by atoms with E-state index in [-0.39, 0.29) is 34.6 Å². The summed E-state index contributed by atoms with van der Waals surface area (Å²) in [7, 11) is -2.97. The Morgan fingerprint density at radius 3 is 2.49 bits per heavy atom. The standard InChI is InChI=1S/C25H27B2NO7/c1-13(2)17-11-19-22(25(31)28(24(19)30)15-7-5-6-14(10-15)26(32)33)18-12-21(35-27(34)23(17)18)16-8-3-4-9-20(16)29/h3-10,13,18-19,21-22,29,32-34H,11-12H2,1-2H3/t18-,19-,21-,22+/m0/s1. The summed E-state index contributed by atoms with van der Waals surface area (Å²) in [4.78, 5) is 28.5. The number of carbonyl (C=O) groups is 2. The number of para-hydroxylation sites is 1. The highest BCUT2D eigenvalue weighted by Gasteiger charge is 2.58. The number of hydrogen-bond acceptors (Lipinski definition) is 7. The molecule has 3 aliphatic rings. The molecule has 0 radical (unpaired) electrons. The predicted molar refractivity (Wildman–Crippen MR) is 130 cm³/mol. The van der Waals surface area contributed by atoms with Gasteiger partial charge in [-0.3, -0.25) is 14.5 Å². The molecule has 0 unspecified atom stereocenters.